The molecule has 5 nitrogen and oxygen atoms in total. The van der Waals surface area contributed by atoms with E-state index in [1.807, 2.05) is 48.3 Å². The summed E-state index contributed by atoms with van der Waals surface area (Å²) in [6.07, 6.45) is 6.31. The molecule has 102 valence electrons. The Balaban J connectivity index is 1.80. The van der Waals surface area contributed by atoms with Crippen molar-refractivity contribution in [1.82, 2.24) is 14.5 Å². The summed E-state index contributed by atoms with van der Waals surface area (Å²) in [6, 6.07) is 7.98. The summed E-state index contributed by atoms with van der Waals surface area (Å²) in [5, 5.41) is 4.45. The van der Waals surface area contributed by atoms with Crippen LogP contribution in [-0.4, -0.2) is 21.1 Å². The molecule has 0 radical (unpaired) electrons. The summed E-state index contributed by atoms with van der Waals surface area (Å²) in [7, 11) is 2.00. The van der Waals surface area contributed by atoms with E-state index in [1.165, 1.54) is 0 Å². The summed E-state index contributed by atoms with van der Waals surface area (Å²) in [5.74, 6) is 1.05. The molecule has 0 aliphatic rings. The zero-order valence-electron chi connectivity index (χ0n) is 11.4. The molecule has 0 bridgehead atoms. The molecule has 0 atom stereocenters. The Hall–Kier alpha value is -2.56. The van der Waals surface area contributed by atoms with Crippen molar-refractivity contribution in [3.05, 3.63) is 48.7 Å². The number of aromatic nitrogens is 3. The molecule has 3 aromatic rings. The fourth-order valence-corrected chi connectivity index (χ4v) is 2.29. The number of nitrogen functional groups attached to an aromatic ring is 1. The lowest BCUT2D eigenvalue weighted by Gasteiger charge is -2.12. The van der Waals surface area contributed by atoms with E-state index in [2.05, 4.69) is 15.3 Å². The second kappa shape index (κ2) is 5.21. The number of para-hydroxylation sites is 1. The van der Waals surface area contributed by atoms with Crippen LogP contribution in [0.25, 0.3) is 10.9 Å². The molecule has 0 saturated carbocycles. The van der Waals surface area contributed by atoms with Crippen molar-refractivity contribution in [2.45, 2.75) is 6.42 Å². The quantitative estimate of drug-likeness (QED) is 0.760. The van der Waals surface area contributed by atoms with Gasteiger partial charge in [-0.1, -0.05) is 18.2 Å². The molecule has 0 aliphatic heterocycles. The molecule has 3 rings (SSSR count). The van der Waals surface area contributed by atoms with Crippen molar-refractivity contribution in [2.75, 3.05) is 17.6 Å². The molecule has 5 heteroatoms. The third kappa shape index (κ3) is 2.30. The first-order chi connectivity index (χ1) is 9.75. The summed E-state index contributed by atoms with van der Waals surface area (Å²) in [5.41, 5.74) is 8.59. The average Bonchev–Trinajstić information content (AvgIpc) is 2.87. The van der Waals surface area contributed by atoms with Crippen LogP contribution in [0, 0.1) is 0 Å². The van der Waals surface area contributed by atoms with E-state index in [0.29, 0.717) is 5.69 Å². The van der Waals surface area contributed by atoms with Gasteiger partial charge in [-0.2, -0.15) is 0 Å². The Morgan fingerprint density at radius 1 is 1.25 bits per heavy atom. The normalized spacial score (nSPS) is 10.8. The minimum Gasteiger partial charge on any atom is -0.396 e. The standard InChI is InChI=1S/C15H17N5/c1-20-9-8-17-14(20)6-7-18-15-11-4-2-3-5-13(11)19-10-12(15)16/h2-5,8-10H,6-7,16H2,1H3,(H,18,19). The number of nitrogens with one attached hydrogen (secondary N) is 1. The number of fused-ring (bicyclic) bond motifs is 1. The molecule has 0 saturated heterocycles. The van der Waals surface area contributed by atoms with Gasteiger partial charge in [0.15, 0.2) is 0 Å². The number of rotatable bonds is 4. The molecular formula is C15H17N5. The van der Waals surface area contributed by atoms with Gasteiger partial charge in [-0.05, 0) is 6.07 Å². The Labute approximate surface area is 117 Å². The van der Waals surface area contributed by atoms with E-state index in [9.17, 15) is 0 Å². The molecule has 20 heavy (non-hydrogen) atoms. The van der Waals surface area contributed by atoms with Crippen LogP contribution in [0.2, 0.25) is 0 Å². The molecule has 2 heterocycles. The zero-order valence-corrected chi connectivity index (χ0v) is 11.4. The van der Waals surface area contributed by atoms with Crippen LogP contribution >= 0.6 is 0 Å². The van der Waals surface area contributed by atoms with Crippen LogP contribution < -0.4 is 11.1 Å². The van der Waals surface area contributed by atoms with Gasteiger partial charge >= 0.3 is 0 Å². The van der Waals surface area contributed by atoms with E-state index in [1.54, 1.807) is 6.20 Å². The maximum atomic E-state index is 6.03. The predicted molar refractivity (Wildman–Crippen MR) is 81.6 cm³/mol. The third-order valence-electron chi connectivity index (χ3n) is 3.38. The molecule has 0 unspecified atom stereocenters. The van der Waals surface area contributed by atoms with Crippen LogP contribution in [0.15, 0.2) is 42.9 Å². The fraction of sp³-hybridized carbons (Fsp3) is 0.200. The highest BCUT2D eigenvalue weighted by molar-refractivity contribution is 5.96. The Kier molecular flexibility index (Phi) is 3.25. The monoisotopic (exact) mass is 267 g/mol. The number of imidazole rings is 1. The van der Waals surface area contributed by atoms with Crippen molar-refractivity contribution in [3.8, 4) is 0 Å². The second-order valence-electron chi connectivity index (χ2n) is 4.74. The number of nitrogens with zero attached hydrogens (tertiary/aromatic N) is 3. The van der Waals surface area contributed by atoms with Crippen molar-refractivity contribution < 1.29 is 0 Å². The number of hydrogen-bond donors (Lipinski definition) is 2. The summed E-state index contributed by atoms with van der Waals surface area (Å²) < 4.78 is 2.02. The molecular weight excluding hydrogens is 250 g/mol. The molecule has 2 aromatic heterocycles. The summed E-state index contributed by atoms with van der Waals surface area (Å²) in [4.78, 5) is 8.64. The highest BCUT2D eigenvalue weighted by Crippen LogP contribution is 2.27. The largest absolute Gasteiger partial charge is 0.396 e. The average molecular weight is 267 g/mol. The van der Waals surface area contributed by atoms with Crippen molar-refractivity contribution >= 4 is 22.3 Å². The van der Waals surface area contributed by atoms with E-state index < -0.39 is 0 Å². The SMILES string of the molecule is Cn1ccnc1CCNc1c(N)cnc2ccccc12. The maximum Gasteiger partial charge on any atom is 0.110 e. The molecule has 0 aliphatic carbocycles. The van der Waals surface area contributed by atoms with Crippen LogP contribution in [-0.2, 0) is 13.5 Å². The summed E-state index contributed by atoms with van der Waals surface area (Å²) >= 11 is 0. The topological polar surface area (TPSA) is 68.8 Å². The number of benzene rings is 1. The fourth-order valence-electron chi connectivity index (χ4n) is 2.29. The first-order valence-electron chi connectivity index (χ1n) is 6.59. The Morgan fingerprint density at radius 3 is 2.90 bits per heavy atom. The first kappa shape index (κ1) is 12.5. The van der Waals surface area contributed by atoms with Gasteiger partial charge in [0.25, 0.3) is 0 Å². The van der Waals surface area contributed by atoms with Crippen LogP contribution in [0.4, 0.5) is 11.4 Å². The number of anilines is 2. The first-order valence-corrected chi connectivity index (χ1v) is 6.59. The van der Waals surface area contributed by atoms with Gasteiger partial charge in [0.1, 0.15) is 5.82 Å². The molecule has 0 amide bonds. The lowest BCUT2D eigenvalue weighted by atomic mass is 10.1. The van der Waals surface area contributed by atoms with E-state index >= 15 is 0 Å². The van der Waals surface area contributed by atoms with Gasteiger partial charge in [0.2, 0.25) is 0 Å². The molecule has 3 N–H and O–H groups in total. The minimum atomic E-state index is 0.670. The lowest BCUT2D eigenvalue weighted by Crippen LogP contribution is -2.10. The molecule has 1 aromatic carbocycles. The van der Waals surface area contributed by atoms with E-state index in [4.69, 9.17) is 5.73 Å². The van der Waals surface area contributed by atoms with Gasteiger partial charge in [-0.3, -0.25) is 4.98 Å². The van der Waals surface area contributed by atoms with Crippen LogP contribution in [0.5, 0.6) is 0 Å². The lowest BCUT2D eigenvalue weighted by molar-refractivity contribution is 0.790. The highest BCUT2D eigenvalue weighted by Gasteiger charge is 2.06. The number of aryl methyl sites for hydroxylation is 1. The van der Waals surface area contributed by atoms with E-state index in [-0.39, 0.29) is 0 Å². The Bertz CT molecular complexity index is 732. The van der Waals surface area contributed by atoms with Gasteiger partial charge in [0.05, 0.1) is 23.1 Å². The van der Waals surface area contributed by atoms with Gasteiger partial charge in [-0.25, -0.2) is 4.98 Å². The highest BCUT2D eigenvalue weighted by atomic mass is 15.0. The van der Waals surface area contributed by atoms with Crippen molar-refractivity contribution in [3.63, 3.8) is 0 Å². The second-order valence-corrected chi connectivity index (χ2v) is 4.74. The number of hydrogen-bond acceptors (Lipinski definition) is 4. The van der Waals surface area contributed by atoms with Gasteiger partial charge < -0.3 is 15.6 Å². The predicted octanol–water partition coefficient (Wildman–Crippen LogP) is 2.21. The van der Waals surface area contributed by atoms with Gasteiger partial charge in [0, 0.05) is 37.8 Å². The van der Waals surface area contributed by atoms with Crippen LogP contribution in [0.3, 0.4) is 0 Å². The maximum absolute atomic E-state index is 6.03. The number of nitrogens with two attached hydrogens (primary N) is 1. The Morgan fingerprint density at radius 2 is 2.10 bits per heavy atom. The van der Waals surface area contributed by atoms with Crippen molar-refractivity contribution in [1.29, 1.82) is 0 Å². The number of pyridine rings is 1. The zero-order chi connectivity index (χ0) is 13.9. The van der Waals surface area contributed by atoms with Crippen molar-refractivity contribution in [2.24, 2.45) is 7.05 Å². The van der Waals surface area contributed by atoms with Crippen LogP contribution in [0.1, 0.15) is 5.82 Å². The van der Waals surface area contributed by atoms with E-state index in [0.717, 1.165) is 35.4 Å². The third-order valence-corrected chi connectivity index (χ3v) is 3.38. The molecule has 0 fully saturated rings. The summed E-state index contributed by atoms with van der Waals surface area (Å²) in [6.45, 7) is 0.781. The molecule has 0 spiro atoms. The van der Waals surface area contributed by atoms with Gasteiger partial charge in [-0.15, -0.1) is 0 Å². The smallest absolute Gasteiger partial charge is 0.110 e. The minimum absolute atomic E-state index is 0.670.